The molecule has 2 aromatic rings. The standard InChI is InChI=1S/C15H20N4O2S.HI/c1-17-15(19(2)8-7-12-4-3-9-22-12)18-10-11-5-6-13(21-11)14(16)20;/h3-6,9H,7-8,10H2,1-2H3,(H2,16,20)(H,17,18);1H. The van der Waals surface area contributed by atoms with Gasteiger partial charge in [0.05, 0.1) is 6.54 Å². The predicted octanol–water partition coefficient (Wildman–Crippen LogP) is 2.31. The van der Waals surface area contributed by atoms with Gasteiger partial charge in [-0.15, -0.1) is 35.3 Å². The first-order chi connectivity index (χ1) is 10.6. The molecule has 0 fully saturated rings. The molecule has 2 rings (SSSR count). The Morgan fingerprint density at radius 3 is 2.78 bits per heavy atom. The average molecular weight is 448 g/mol. The van der Waals surface area contributed by atoms with Gasteiger partial charge in [-0.3, -0.25) is 9.79 Å². The number of furan rings is 1. The van der Waals surface area contributed by atoms with Crippen LogP contribution in [0.2, 0.25) is 0 Å². The van der Waals surface area contributed by atoms with Crippen molar-refractivity contribution in [3.63, 3.8) is 0 Å². The SMILES string of the molecule is CN=C(NCc1ccc(C(N)=O)o1)N(C)CCc1cccs1.I. The lowest BCUT2D eigenvalue weighted by Crippen LogP contribution is -2.39. The number of thiophene rings is 1. The van der Waals surface area contributed by atoms with Crippen molar-refractivity contribution in [1.82, 2.24) is 10.2 Å². The Balaban J connectivity index is 0.00000264. The van der Waals surface area contributed by atoms with E-state index in [0.717, 1.165) is 18.9 Å². The van der Waals surface area contributed by atoms with Crippen molar-refractivity contribution in [1.29, 1.82) is 0 Å². The molecule has 0 saturated carbocycles. The highest BCUT2D eigenvalue weighted by molar-refractivity contribution is 14.0. The molecule has 0 aliphatic rings. The molecular weight excluding hydrogens is 427 g/mol. The molecule has 3 N–H and O–H groups in total. The van der Waals surface area contributed by atoms with Crippen LogP contribution in [0.5, 0.6) is 0 Å². The van der Waals surface area contributed by atoms with Crippen LogP contribution in [0.1, 0.15) is 21.2 Å². The lowest BCUT2D eigenvalue weighted by atomic mass is 10.3. The monoisotopic (exact) mass is 448 g/mol. The molecule has 2 aromatic heterocycles. The third kappa shape index (κ3) is 5.87. The minimum absolute atomic E-state index is 0. The van der Waals surface area contributed by atoms with Crippen LogP contribution in [0.3, 0.4) is 0 Å². The predicted molar refractivity (Wildman–Crippen MR) is 103 cm³/mol. The van der Waals surface area contributed by atoms with Crippen LogP contribution in [-0.2, 0) is 13.0 Å². The number of hydrogen-bond acceptors (Lipinski definition) is 4. The van der Waals surface area contributed by atoms with Crippen LogP contribution in [-0.4, -0.2) is 37.4 Å². The van der Waals surface area contributed by atoms with Gasteiger partial charge < -0.3 is 20.4 Å². The Kier molecular flexibility index (Phi) is 8.10. The Labute approximate surface area is 156 Å². The number of hydrogen-bond donors (Lipinski definition) is 2. The molecule has 0 atom stereocenters. The molecule has 0 saturated heterocycles. The first kappa shape index (κ1) is 19.5. The fraction of sp³-hybridized carbons (Fsp3) is 0.333. The molecule has 6 nitrogen and oxygen atoms in total. The molecule has 0 aromatic carbocycles. The van der Waals surface area contributed by atoms with E-state index in [1.54, 1.807) is 30.5 Å². The number of carbonyl (C=O) groups excluding carboxylic acids is 1. The number of amides is 1. The lowest BCUT2D eigenvalue weighted by molar-refractivity contribution is 0.0972. The molecule has 0 radical (unpaired) electrons. The van der Waals surface area contributed by atoms with Crippen molar-refractivity contribution < 1.29 is 9.21 Å². The van der Waals surface area contributed by atoms with Gasteiger partial charge in [0, 0.05) is 25.5 Å². The highest BCUT2D eigenvalue weighted by Crippen LogP contribution is 2.10. The molecule has 1 amide bonds. The van der Waals surface area contributed by atoms with E-state index in [4.69, 9.17) is 10.2 Å². The Bertz CT molecular complexity index is 640. The Morgan fingerprint density at radius 1 is 1.43 bits per heavy atom. The second-order valence-corrected chi connectivity index (χ2v) is 5.81. The van der Waals surface area contributed by atoms with Gasteiger partial charge >= 0.3 is 0 Å². The van der Waals surface area contributed by atoms with E-state index in [2.05, 4.69) is 32.7 Å². The minimum atomic E-state index is -0.566. The average Bonchev–Trinajstić information content (AvgIpc) is 3.17. The largest absolute Gasteiger partial charge is 0.454 e. The fourth-order valence-electron chi connectivity index (χ4n) is 1.99. The van der Waals surface area contributed by atoms with Crippen molar-refractivity contribution in [2.24, 2.45) is 10.7 Å². The summed E-state index contributed by atoms with van der Waals surface area (Å²) in [6.45, 7) is 1.31. The number of nitrogens with two attached hydrogens (primary N) is 1. The normalized spacial score (nSPS) is 11.0. The Hall–Kier alpha value is -1.55. The minimum Gasteiger partial charge on any atom is -0.454 e. The van der Waals surface area contributed by atoms with Crippen LogP contribution in [0, 0.1) is 0 Å². The maximum atomic E-state index is 11.0. The van der Waals surface area contributed by atoms with E-state index in [1.165, 1.54) is 4.88 Å². The first-order valence-electron chi connectivity index (χ1n) is 6.93. The molecule has 2 heterocycles. The highest BCUT2D eigenvalue weighted by Gasteiger charge is 2.10. The Morgan fingerprint density at radius 2 is 2.22 bits per heavy atom. The van der Waals surface area contributed by atoms with Gasteiger partial charge in [-0.2, -0.15) is 0 Å². The number of aliphatic imine (C=N–C) groups is 1. The maximum absolute atomic E-state index is 11.0. The summed E-state index contributed by atoms with van der Waals surface area (Å²) in [7, 11) is 3.72. The summed E-state index contributed by atoms with van der Waals surface area (Å²) < 4.78 is 5.33. The van der Waals surface area contributed by atoms with Gasteiger partial charge in [0.15, 0.2) is 11.7 Å². The molecule has 0 bridgehead atoms. The van der Waals surface area contributed by atoms with E-state index >= 15 is 0 Å². The number of primary amides is 1. The van der Waals surface area contributed by atoms with E-state index in [1.807, 2.05) is 7.05 Å². The van der Waals surface area contributed by atoms with Crippen LogP contribution in [0.25, 0.3) is 0 Å². The third-order valence-electron chi connectivity index (χ3n) is 3.17. The first-order valence-corrected chi connectivity index (χ1v) is 7.81. The maximum Gasteiger partial charge on any atom is 0.284 e. The van der Waals surface area contributed by atoms with Crippen molar-refractivity contribution >= 4 is 47.2 Å². The molecule has 0 unspecified atom stereocenters. The number of guanidine groups is 1. The summed E-state index contributed by atoms with van der Waals surface area (Å²) in [5.74, 6) is 1.01. The van der Waals surface area contributed by atoms with Gasteiger partial charge in [-0.1, -0.05) is 6.07 Å². The molecule has 126 valence electrons. The van der Waals surface area contributed by atoms with Crippen molar-refractivity contribution in [2.75, 3.05) is 20.6 Å². The molecular formula is C15H21IN4O2S. The summed E-state index contributed by atoms with van der Waals surface area (Å²) in [4.78, 5) is 18.6. The summed E-state index contributed by atoms with van der Waals surface area (Å²) in [5, 5.41) is 5.28. The molecule has 8 heteroatoms. The van der Waals surface area contributed by atoms with Crippen LogP contribution < -0.4 is 11.1 Å². The number of nitrogens with zero attached hydrogens (tertiary/aromatic N) is 2. The topological polar surface area (TPSA) is 83.9 Å². The summed E-state index contributed by atoms with van der Waals surface area (Å²) in [6.07, 6.45) is 0.974. The number of carbonyl (C=O) groups is 1. The van der Waals surface area contributed by atoms with Gasteiger partial charge in [-0.05, 0) is 30.0 Å². The third-order valence-corrected chi connectivity index (χ3v) is 4.11. The highest BCUT2D eigenvalue weighted by atomic mass is 127. The van der Waals surface area contributed by atoms with Crippen LogP contribution in [0.4, 0.5) is 0 Å². The second kappa shape index (κ2) is 9.56. The van der Waals surface area contributed by atoms with E-state index in [-0.39, 0.29) is 29.7 Å². The van der Waals surface area contributed by atoms with E-state index < -0.39 is 5.91 Å². The number of halogens is 1. The van der Waals surface area contributed by atoms with Gasteiger partial charge in [-0.25, -0.2) is 0 Å². The molecule has 23 heavy (non-hydrogen) atoms. The smallest absolute Gasteiger partial charge is 0.284 e. The van der Waals surface area contributed by atoms with Crippen LogP contribution >= 0.6 is 35.3 Å². The number of rotatable bonds is 6. The van der Waals surface area contributed by atoms with Gasteiger partial charge in [0.2, 0.25) is 0 Å². The lowest BCUT2D eigenvalue weighted by Gasteiger charge is -2.21. The molecule has 0 aliphatic carbocycles. The van der Waals surface area contributed by atoms with Gasteiger partial charge in [0.1, 0.15) is 5.76 Å². The van der Waals surface area contributed by atoms with Crippen molar-refractivity contribution in [3.8, 4) is 0 Å². The molecule has 0 aliphatic heterocycles. The van der Waals surface area contributed by atoms with Crippen molar-refractivity contribution in [2.45, 2.75) is 13.0 Å². The van der Waals surface area contributed by atoms with Crippen LogP contribution in [0.15, 0.2) is 39.1 Å². The van der Waals surface area contributed by atoms with E-state index in [0.29, 0.717) is 12.3 Å². The summed E-state index contributed by atoms with van der Waals surface area (Å²) in [5.41, 5.74) is 5.16. The summed E-state index contributed by atoms with van der Waals surface area (Å²) >= 11 is 1.75. The number of likely N-dealkylation sites (N-methyl/N-ethyl adjacent to an activating group) is 1. The zero-order chi connectivity index (χ0) is 15.9. The quantitative estimate of drug-likeness (QED) is 0.404. The van der Waals surface area contributed by atoms with E-state index in [9.17, 15) is 4.79 Å². The zero-order valence-corrected chi connectivity index (χ0v) is 16.3. The zero-order valence-electron chi connectivity index (χ0n) is 13.1. The number of nitrogens with one attached hydrogen (secondary N) is 1. The van der Waals surface area contributed by atoms with Crippen molar-refractivity contribution in [3.05, 3.63) is 46.0 Å². The summed E-state index contributed by atoms with van der Waals surface area (Å²) in [6, 6.07) is 7.48. The van der Waals surface area contributed by atoms with Gasteiger partial charge in [0.25, 0.3) is 5.91 Å². The second-order valence-electron chi connectivity index (χ2n) is 4.78. The fourth-order valence-corrected chi connectivity index (χ4v) is 2.69. The molecule has 0 spiro atoms.